The van der Waals surface area contributed by atoms with Crippen molar-refractivity contribution in [2.75, 3.05) is 18.5 Å². The lowest BCUT2D eigenvalue weighted by molar-refractivity contribution is -0.116. The van der Waals surface area contributed by atoms with Crippen LogP contribution in [-0.4, -0.2) is 31.2 Å². The van der Waals surface area contributed by atoms with Crippen LogP contribution in [0.2, 0.25) is 0 Å². The van der Waals surface area contributed by atoms with E-state index >= 15 is 0 Å². The average molecular weight is 304 g/mol. The smallest absolute Gasteiger partial charge is 0.225 e. The first-order valence-electron chi connectivity index (χ1n) is 8.30. The van der Waals surface area contributed by atoms with E-state index in [-0.39, 0.29) is 11.9 Å². The summed E-state index contributed by atoms with van der Waals surface area (Å²) in [5.74, 6) is 0.451. The van der Waals surface area contributed by atoms with E-state index in [1.54, 1.807) is 0 Å². The summed E-state index contributed by atoms with van der Waals surface area (Å²) in [6, 6.07) is 8.16. The zero-order valence-electron chi connectivity index (χ0n) is 13.9. The lowest BCUT2D eigenvalue weighted by Gasteiger charge is -2.18. The van der Waals surface area contributed by atoms with Crippen molar-refractivity contribution in [2.24, 2.45) is 0 Å². The minimum Gasteiger partial charge on any atom is -0.377 e. The van der Waals surface area contributed by atoms with Gasteiger partial charge in [-0.2, -0.15) is 0 Å². The van der Waals surface area contributed by atoms with Gasteiger partial charge in [-0.1, -0.05) is 32.0 Å². The van der Waals surface area contributed by atoms with Crippen molar-refractivity contribution in [1.82, 2.24) is 5.32 Å². The summed E-state index contributed by atoms with van der Waals surface area (Å²) >= 11 is 0. The van der Waals surface area contributed by atoms with E-state index in [0.29, 0.717) is 18.4 Å². The van der Waals surface area contributed by atoms with Crippen LogP contribution in [0.15, 0.2) is 24.3 Å². The van der Waals surface area contributed by atoms with Gasteiger partial charge in [0.1, 0.15) is 0 Å². The SMILES string of the molecule is CC(CC(=O)Nc1ccccc1C(C)C)NCC1CCCO1. The van der Waals surface area contributed by atoms with Gasteiger partial charge >= 0.3 is 0 Å². The summed E-state index contributed by atoms with van der Waals surface area (Å²) in [7, 11) is 0. The average Bonchev–Trinajstić information content (AvgIpc) is 2.98. The molecule has 1 fully saturated rings. The summed E-state index contributed by atoms with van der Waals surface area (Å²) in [6.07, 6.45) is 3.05. The molecule has 0 spiro atoms. The van der Waals surface area contributed by atoms with Crippen LogP contribution < -0.4 is 10.6 Å². The Hall–Kier alpha value is -1.39. The van der Waals surface area contributed by atoms with Crippen LogP contribution in [0.4, 0.5) is 5.69 Å². The van der Waals surface area contributed by atoms with Crippen molar-refractivity contribution in [3.63, 3.8) is 0 Å². The third-order valence-corrected chi connectivity index (χ3v) is 4.07. The van der Waals surface area contributed by atoms with Gasteiger partial charge in [0.15, 0.2) is 0 Å². The Balaban J connectivity index is 1.79. The van der Waals surface area contributed by atoms with Gasteiger partial charge in [-0.25, -0.2) is 0 Å². The van der Waals surface area contributed by atoms with Gasteiger partial charge in [0, 0.05) is 31.3 Å². The zero-order chi connectivity index (χ0) is 15.9. The van der Waals surface area contributed by atoms with E-state index in [2.05, 4.69) is 30.5 Å². The van der Waals surface area contributed by atoms with Gasteiger partial charge in [0.05, 0.1) is 6.10 Å². The third kappa shape index (κ3) is 5.11. The summed E-state index contributed by atoms with van der Waals surface area (Å²) in [6.45, 7) is 8.01. The quantitative estimate of drug-likeness (QED) is 0.812. The number of para-hydroxylation sites is 1. The second-order valence-corrected chi connectivity index (χ2v) is 6.44. The number of hydrogen-bond donors (Lipinski definition) is 2. The highest BCUT2D eigenvalue weighted by atomic mass is 16.5. The maximum absolute atomic E-state index is 12.2. The monoisotopic (exact) mass is 304 g/mol. The third-order valence-electron chi connectivity index (χ3n) is 4.07. The number of rotatable bonds is 7. The van der Waals surface area contributed by atoms with E-state index in [1.165, 1.54) is 5.56 Å². The summed E-state index contributed by atoms with van der Waals surface area (Å²) < 4.78 is 5.58. The molecule has 1 aromatic carbocycles. The highest BCUT2D eigenvalue weighted by Gasteiger charge is 2.17. The van der Waals surface area contributed by atoms with Gasteiger partial charge in [0.25, 0.3) is 0 Å². The fourth-order valence-electron chi connectivity index (χ4n) is 2.80. The molecule has 122 valence electrons. The predicted molar refractivity (Wildman–Crippen MR) is 90.2 cm³/mol. The first kappa shape index (κ1) is 17.0. The molecule has 4 nitrogen and oxygen atoms in total. The molecule has 22 heavy (non-hydrogen) atoms. The fourth-order valence-corrected chi connectivity index (χ4v) is 2.80. The van der Waals surface area contributed by atoms with Gasteiger partial charge in [-0.3, -0.25) is 4.79 Å². The van der Waals surface area contributed by atoms with Crippen molar-refractivity contribution in [3.05, 3.63) is 29.8 Å². The number of anilines is 1. The van der Waals surface area contributed by atoms with E-state index in [0.717, 1.165) is 31.7 Å². The topological polar surface area (TPSA) is 50.4 Å². The van der Waals surface area contributed by atoms with Crippen molar-refractivity contribution in [2.45, 2.75) is 58.1 Å². The summed E-state index contributed by atoms with van der Waals surface area (Å²) in [5, 5.41) is 6.43. The highest BCUT2D eigenvalue weighted by Crippen LogP contribution is 2.23. The molecule has 1 aromatic rings. The molecular formula is C18H28N2O2. The molecule has 1 amide bonds. The number of carbonyl (C=O) groups excluding carboxylic acids is 1. The minimum absolute atomic E-state index is 0.0560. The second kappa shape index (κ2) is 8.30. The maximum Gasteiger partial charge on any atom is 0.225 e. The molecule has 2 atom stereocenters. The molecule has 1 heterocycles. The molecular weight excluding hydrogens is 276 g/mol. The van der Waals surface area contributed by atoms with Gasteiger partial charge in [-0.15, -0.1) is 0 Å². The van der Waals surface area contributed by atoms with Gasteiger partial charge in [-0.05, 0) is 37.3 Å². The Morgan fingerprint density at radius 3 is 2.77 bits per heavy atom. The van der Waals surface area contributed by atoms with Crippen molar-refractivity contribution in [3.8, 4) is 0 Å². The molecule has 0 aromatic heterocycles. The van der Waals surface area contributed by atoms with Crippen molar-refractivity contribution in [1.29, 1.82) is 0 Å². The standard InChI is InChI=1S/C18H28N2O2/c1-13(2)16-8-4-5-9-17(16)20-18(21)11-14(3)19-12-15-7-6-10-22-15/h4-5,8-9,13-15,19H,6-7,10-12H2,1-3H3,(H,20,21). The molecule has 0 radical (unpaired) electrons. The molecule has 1 saturated heterocycles. The number of benzene rings is 1. The molecule has 0 aliphatic carbocycles. The molecule has 4 heteroatoms. The Kier molecular flexibility index (Phi) is 6.40. The number of ether oxygens (including phenoxy) is 1. The molecule has 0 bridgehead atoms. The number of hydrogen-bond acceptors (Lipinski definition) is 3. The first-order valence-corrected chi connectivity index (χ1v) is 8.30. The van der Waals surface area contributed by atoms with Crippen LogP contribution in [0, 0.1) is 0 Å². The van der Waals surface area contributed by atoms with Crippen LogP contribution >= 0.6 is 0 Å². The zero-order valence-corrected chi connectivity index (χ0v) is 13.9. The molecule has 1 aliphatic rings. The predicted octanol–water partition coefficient (Wildman–Crippen LogP) is 3.30. The van der Waals surface area contributed by atoms with Crippen molar-refractivity contribution >= 4 is 11.6 Å². The number of nitrogens with one attached hydrogen (secondary N) is 2. The normalized spacial score (nSPS) is 19.4. The largest absolute Gasteiger partial charge is 0.377 e. The Labute approximate surface area is 133 Å². The van der Waals surface area contributed by atoms with E-state index in [4.69, 9.17) is 4.74 Å². The van der Waals surface area contributed by atoms with Crippen molar-refractivity contribution < 1.29 is 9.53 Å². The number of carbonyl (C=O) groups is 1. The molecule has 1 aliphatic heterocycles. The Bertz CT molecular complexity index is 482. The molecule has 2 N–H and O–H groups in total. The first-order chi connectivity index (χ1) is 10.6. The molecule has 0 saturated carbocycles. The summed E-state index contributed by atoms with van der Waals surface area (Å²) in [5.41, 5.74) is 2.10. The van der Waals surface area contributed by atoms with Gasteiger partial charge in [0.2, 0.25) is 5.91 Å². The van der Waals surface area contributed by atoms with Crippen LogP contribution in [0.25, 0.3) is 0 Å². The van der Waals surface area contributed by atoms with Crippen LogP contribution in [0.5, 0.6) is 0 Å². The van der Waals surface area contributed by atoms with Gasteiger partial charge < -0.3 is 15.4 Å². The summed E-state index contributed by atoms with van der Waals surface area (Å²) in [4.78, 5) is 12.2. The van der Waals surface area contributed by atoms with Crippen LogP contribution in [0.1, 0.15) is 51.5 Å². The molecule has 2 unspecified atom stereocenters. The lowest BCUT2D eigenvalue weighted by atomic mass is 10.0. The van der Waals surface area contributed by atoms with E-state index in [1.807, 2.05) is 25.1 Å². The fraction of sp³-hybridized carbons (Fsp3) is 0.611. The molecule has 2 rings (SSSR count). The van der Waals surface area contributed by atoms with E-state index < -0.39 is 0 Å². The van der Waals surface area contributed by atoms with Crippen LogP contribution in [0.3, 0.4) is 0 Å². The lowest BCUT2D eigenvalue weighted by Crippen LogP contribution is -2.36. The number of amides is 1. The highest BCUT2D eigenvalue weighted by molar-refractivity contribution is 5.91. The minimum atomic E-state index is 0.0560. The maximum atomic E-state index is 12.2. The Morgan fingerprint density at radius 2 is 2.09 bits per heavy atom. The van der Waals surface area contributed by atoms with Crippen LogP contribution in [-0.2, 0) is 9.53 Å². The Morgan fingerprint density at radius 1 is 1.32 bits per heavy atom. The second-order valence-electron chi connectivity index (χ2n) is 6.44. The van der Waals surface area contributed by atoms with E-state index in [9.17, 15) is 4.79 Å².